The van der Waals surface area contributed by atoms with Crippen LogP contribution in [0.1, 0.15) is 110 Å². The summed E-state index contributed by atoms with van der Waals surface area (Å²) in [6.45, 7) is 11.9. The first-order chi connectivity index (χ1) is 37.1. The smallest absolute Gasteiger partial charge is 0.335 e. The topological polar surface area (TPSA) is 350 Å². The number of carbonyl (C=O) groups excluding carboxylic acids is 3. The number of amides is 2. The van der Waals surface area contributed by atoms with E-state index in [4.69, 9.17) is 28.4 Å². The number of hydrogen-bond acceptors (Lipinski definition) is 19. The van der Waals surface area contributed by atoms with Crippen LogP contribution in [0.25, 0.3) is 0 Å². The van der Waals surface area contributed by atoms with Gasteiger partial charge < -0.3 is 94.9 Å². The molecule has 3 heterocycles. The summed E-state index contributed by atoms with van der Waals surface area (Å²) in [6, 6.07) is 7.20. The molecule has 9 rings (SSSR count). The highest BCUT2D eigenvalue weighted by molar-refractivity contribution is 14.1. The van der Waals surface area contributed by atoms with Crippen LogP contribution in [-0.4, -0.2) is 200 Å². The van der Waals surface area contributed by atoms with E-state index in [1.807, 2.05) is 12.1 Å². The van der Waals surface area contributed by atoms with Crippen LogP contribution in [-0.2, 0) is 42.8 Å². The highest BCUT2D eigenvalue weighted by Crippen LogP contribution is 2.76. The molecular formula is C56H81IN2O20. The summed E-state index contributed by atoms with van der Waals surface area (Å²) >= 11 is 2.17. The average Bonchev–Trinajstić information content (AvgIpc) is 3.41. The molecule has 0 unspecified atom stereocenters. The third-order valence-electron chi connectivity index (χ3n) is 20.8. The minimum Gasteiger partial charge on any atom is -0.479 e. The fourth-order valence-corrected chi connectivity index (χ4v) is 16.4. The number of rotatable bonds is 14. The van der Waals surface area contributed by atoms with Crippen LogP contribution in [0.3, 0.4) is 0 Å². The lowest BCUT2D eigenvalue weighted by atomic mass is 9.33. The summed E-state index contributed by atoms with van der Waals surface area (Å²) in [6.07, 6.45) is -20.3. The van der Waals surface area contributed by atoms with E-state index in [0.717, 1.165) is 16.3 Å². The van der Waals surface area contributed by atoms with Crippen LogP contribution in [0.2, 0.25) is 0 Å². The number of aliphatic hydroxyl groups is 9. The Kier molecular flexibility index (Phi) is 17.4. The van der Waals surface area contributed by atoms with Crippen LogP contribution in [0, 0.1) is 53.8 Å². The number of ether oxygens (including phenoxy) is 6. The second-order valence-corrected chi connectivity index (χ2v) is 26.8. The molecule has 3 aliphatic heterocycles. The molecule has 12 N–H and O–H groups in total. The van der Waals surface area contributed by atoms with E-state index in [9.17, 15) is 70.2 Å². The number of halogens is 1. The lowest BCUT2D eigenvalue weighted by Crippen LogP contribution is -2.69. The maximum Gasteiger partial charge on any atom is 0.335 e. The van der Waals surface area contributed by atoms with Gasteiger partial charge in [0.1, 0.15) is 67.3 Å². The number of carbonyl (C=O) groups is 4. The molecule has 0 aromatic heterocycles. The van der Waals surface area contributed by atoms with Crippen LogP contribution in [0.15, 0.2) is 35.9 Å². The molecule has 3 saturated heterocycles. The number of nitrogens with one attached hydrogen (secondary N) is 2. The van der Waals surface area contributed by atoms with Crippen molar-refractivity contribution in [2.75, 3.05) is 26.3 Å². The fraction of sp³-hybridized carbons (Fsp3) is 0.786. The first-order valence-electron chi connectivity index (χ1n) is 27.8. The third-order valence-corrected chi connectivity index (χ3v) is 21.5. The van der Waals surface area contributed by atoms with Crippen molar-refractivity contribution in [3.8, 4) is 0 Å². The Morgan fingerprint density at radius 1 is 0.734 bits per heavy atom. The Morgan fingerprint density at radius 2 is 1.41 bits per heavy atom. The predicted octanol–water partition coefficient (Wildman–Crippen LogP) is 0.654. The minimum atomic E-state index is -2.15. The van der Waals surface area contributed by atoms with Crippen molar-refractivity contribution in [2.45, 2.75) is 198 Å². The zero-order valence-electron chi connectivity index (χ0n) is 45.6. The Hall–Kier alpha value is -2.83. The van der Waals surface area contributed by atoms with Crippen LogP contribution in [0.4, 0.5) is 0 Å². The van der Waals surface area contributed by atoms with Crippen molar-refractivity contribution in [1.82, 2.24) is 10.6 Å². The molecule has 1 aromatic rings. The number of hydrogen-bond donors (Lipinski definition) is 12. The van der Waals surface area contributed by atoms with Gasteiger partial charge in [0.05, 0.1) is 36.3 Å². The van der Waals surface area contributed by atoms with Crippen molar-refractivity contribution in [3.05, 3.63) is 45.0 Å². The minimum absolute atomic E-state index is 0.0390. The average molecular weight is 1230 g/mol. The number of benzene rings is 1. The standard InChI is InChI=1S/C56H81IN2O20/c1-51(2)17-18-56(50(73)59-20-19-58-45(70)26-7-9-27(57)10-8-26)29(21-51)28-11-12-33-52(3)15-14-35(53(4,25-61)32(52)13-16-54(33,5)55(28,6)22-34(56)63)76-49-44(79-48-40(68)38(66)37(65)31(23-60)75-48)42(41(69)43(78-49)46(71)72)77-47-39(67)36(64)30(62)24-74-47/h7-11,25,29-44,47-49,60,62-69H,12-24H2,1-6H3,(H,58,70)(H,59,73)(H,71,72)/t29-,30+,31+,32+,33+,34+,35-,36-,37-,38-,39+,40+,41-,42-,43-,44+,47-,48-,49+,52-,53-,54+,55+,56+/m0/s1. The molecule has 0 radical (unpaired) electrons. The van der Waals surface area contributed by atoms with Crippen molar-refractivity contribution in [3.63, 3.8) is 0 Å². The molecule has 1 aromatic carbocycles. The zero-order chi connectivity index (χ0) is 57.5. The molecule has 442 valence electrons. The van der Waals surface area contributed by atoms with Gasteiger partial charge in [0.2, 0.25) is 5.91 Å². The Bertz CT molecular complexity index is 2450. The normalized spacial score (nSPS) is 47.4. The van der Waals surface area contributed by atoms with Gasteiger partial charge in [-0.25, -0.2) is 4.79 Å². The summed E-state index contributed by atoms with van der Waals surface area (Å²) in [5.74, 6) is -2.82. The van der Waals surface area contributed by atoms with Gasteiger partial charge in [-0.05, 0) is 144 Å². The lowest BCUT2D eigenvalue weighted by Gasteiger charge is -2.71. The van der Waals surface area contributed by atoms with Crippen molar-refractivity contribution < 1.29 is 98.7 Å². The summed E-state index contributed by atoms with van der Waals surface area (Å²) in [5.41, 5.74) is -2.41. The molecule has 4 saturated carbocycles. The molecule has 0 bridgehead atoms. The molecule has 5 aliphatic carbocycles. The summed E-state index contributed by atoms with van der Waals surface area (Å²) < 4.78 is 37.1. The molecule has 22 nitrogen and oxygen atoms in total. The Labute approximate surface area is 473 Å². The molecule has 24 atom stereocenters. The first-order valence-corrected chi connectivity index (χ1v) is 28.9. The van der Waals surface area contributed by atoms with E-state index < -0.39 is 144 Å². The second-order valence-electron chi connectivity index (χ2n) is 25.5. The maximum absolute atomic E-state index is 14.8. The lowest BCUT2D eigenvalue weighted by molar-refractivity contribution is -0.391. The quantitative estimate of drug-likeness (QED) is 0.0400. The van der Waals surface area contributed by atoms with Gasteiger partial charge in [0, 0.05) is 22.2 Å². The van der Waals surface area contributed by atoms with E-state index in [2.05, 4.69) is 73.9 Å². The largest absolute Gasteiger partial charge is 0.479 e. The number of aliphatic carboxylic acids is 1. The first kappa shape index (κ1) is 60.8. The predicted molar refractivity (Wildman–Crippen MR) is 284 cm³/mol. The second kappa shape index (κ2) is 22.6. The van der Waals surface area contributed by atoms with Crippen molar-refractivity contribution in [2.24, 2.45) is 50.2 Å². The van der Waals surface area contributed by atoms with E-state index in [-0.39, 0.29) is 54.5 Å². The van der Waals surface area contributed by atoms with Crippen LogP contribution >= 0.6 is 22.6 Å². The van der Waals surface area contributed by atoms with Crippen molar-refractivity contribution >= 4 is 46.7 Å². The highest BCUT2D eigenvalue weighted by atomic mass is 127. The number of carboxylic acid groups (broad SMARTS) is 1. The summed E-state index contributed by atoms with van der Waals surface area (Å²) in [5, 5.41) is 115. The number of carboxylic acids is 1. The number of fused-ring (bicyclic) bond motifs is 7. The summed E-state index contributed by atoms with van der Waals surface area (Å²) in [7, 11) is 0. The van der Waals surface area contributed by atoms with E-state index >= 15 is 0 Å². The fourth-order valence-electron chi connectivity index (χ4n) is 16.0. The number of aldehydes is 1. The monoisotopic (exact) mass is 1230 g/mol. The van der Waals surface area contributed by atoms with Gasteiger partial charge in [0.25, 0.3) is 5.91 Å². The Balaban J connectivity index is 0.991. The molecule has 2 amide bonds. The van der Waals surface area contributed by atoms with Gasteiger partial charge in [-0.3, -0.25) is 9.59 Å². The maximum atomic E-state index is 14.8. The number of allylic oxidation sites excluding steroid dienone is 2. The molecule has 23 heteroatoms. The van der Waals surface area contributed by atoms with Crippen LogP contribution in [0.5, 0.6) is 0 Å². The van der Waals surface area contributed by atoms with Crippen molar-refractivity contribution in [1.29, 1.82) is 0 Å². The number of aliphatic hydroxyl groups excluding tert-OH is 9. The Morgan fingerprint density at radius 3 is 2.08 bits per heavy atom. The molecule has 79 heavy (non-hydrogen) atoms. The molecular weight excluding hydrogens is 1150 g/mol. The van der Waals surface area contributed by atoms with Crippen LogP contribution < -0.4 is 10.6 Å². The van der Waals surface area contributed by atoms with Gasteiger partial charge in [-0.15, -0.1) is 0 Å². The summed E-state index contributed by atoms with van der Waals surface area (Å²) in [4.78, 5) is 54.6. The van der Waals surface area contributed by atoms with Gasteiger partial charge in [0.15, 0.2) is 25.0 Å². The SMILES string of the molecule is CC1(C)CC[C@]2(C(=O)NCCNC(=O)c3ccc(I)cc3)[C@H](O)C[C@]3(C)C(=CC[C@@H]4[C@@]5(C)CC[C@H](O[C@@H]6O[C@H](C(=O)O)[C@@H](O)[C@H](O[C@@H]7OC[C@@H](O)[C@H](O)[C@H]7O)[C@H]6O[C@@H]6O[C@H](CO)[C@H](O)[C@H](O)[C@H]6O)[C@@](C)(C=O)[C@@H]5CC[C@]43C)[C@@H]2C1. The van der Waals surface area contributed by atoms with Gasteiger partial charge in [-0.2, -0.15) is 0 Å². The molecule has 8 aliphatic rings. The van der Waals surface area contributed by atoms with E-state index in [0.29, 0.717) is 50.5 Å². The van der Waals surface area contributed by atoms with Gasteiger partial charge in [-0.1, -0.05) is 53.2 Å². The molecule has 7 fully saturated rings. The zero-order valence-corrected chi connectivity index (χ0v) is 47.7. The molecule has 0 spiro atoms. The third kappa shape index (κ3) is 10.4. The van der Waals surface area contributed by atoms with Gasteiger partial charge >= 0.3 is 5.97 Å². The van der Waals surface area contributed by atoms with E-state index in [1.165, 1.54) is 5.57 Å². The highest BCUT2D eigenvalue weighted by Gasteiger charge is 2.72. The van der Waals surface area contributed by atoms with E-state index in [1.54, 1.807) is 19.1 Å².